The number of nitrogens with one attached hydrogen (secondary N) is 1. The minimum atomic E-state index is -1.10. The number of nitrogens with zero attached hydrogens (tertiary/aromatic N) is 1. The monoisotopic (exact) mass is 226 g/mol. The summed E-state index contributed by atoms with van der Waals surface area (Å²) in [6, 6.07) is 0.978. The molecule has 1 amide bonds. The Kier molecular flexibility index (Phi) is 6.16. The zero-order chi connectivity index (χ0) is 12.7. The fraction of sp³-hybridized carbons (Fsp3) is 0.727. The topological polar surface area (TPSA) is 90.2 Å². The Morgan fingerprint density at radius 3 is 2.31 bits per heavy atom. The zero-order valence-electron chi connectivity index (χ0n) is 9.86. The van der Waals surface area contributed by atoms with E-state index in [-0.39, 0.29) is 24.2 Å². The van der Waals surface area contributed by atoms with Crippen molar-refractivity contribution in [2.75, 3.05) is 0 Å². The van der Waals surface area contributed by atoms with Crippen LogP contribution < -0.4 is 5.32 Å². The highest BCUT2D eigenvalue weighted by Crippen LogP contribution is 2.06. The summed E-state index contributed by atoms with van der Waals surface area (Å²) in [7, 11) is 0. The van der Waals surface area contributed by atoms with E-state index < -0.39 is 12.0 Å². The Labute approximate surface area is 95.4 Å². The molecule has 0 saturated carbocycles. The Bertz CT molecular complexity index is 294. The van der Waals surface area contributed by atoms with Crippen molar-refractivity contribution in [2.45, 2.75) is 39.7 Å². The van der Waals surface area contributed by atoms with Gasteiger partial charge in [-0.1, -0.05) is 13.8 Å². The van der Waals surface area contributed by atoms with Crippen LogP contribution in [0.2, 0.25) is 0 Å². The van der Waals surface area contributed by atoms with Crippen LogP contribution >= 0.6 is 0 Å². The lowest BCUT2D eigenvalue weighted by Crippen LogP contribution is -2.42. The van der Waals surface area contributed by atoms with E-state index in [4.69, 9.17) is 10.4 Å². The molecule has 0 aromatic heterocycles. The van der Waals surface area contributed by atoms with E-state index in [1.54, 1.807) is 6.92 Å². The van der Waals surface area contributed by atoms with Crippen LogP contribution in [0.5, 0.6) is 0 Å². The Hall–Kier alpha value is -1.57. The minimum absolute atomic E-state index is 0.135. The summed E-state index contributed by atoms with van der Waals surface area (Å²) in [5.41, 5.74) is 0. The number of rotatable bonds is 6. The summed E-state index contributed by atoms with van der Waals surface area (Å²) in [5, 5.41) is 19.9. The van der Waals surface area contributed by atoms with Crippen molar-refractivity contribution >= 4 is 11.9 Å². The van der Waals surface area contributed by atoms with Crippen molar-refractivity contribution in [3.8, 4) is 6.07 Å². The number of amides is 1. The number of nitriles is 1. The molecule has 0 aliphatic rings. The second-order valence-corrected chi connectivity index (χ2v) is 4.32. The first kappa shape index (κ1) is 14.4. The first-order valence-corrected chi connectivity index (χ1v) is 5.28. The van der Waals surface area contributed by atoms with Gasteiger partial charge in [-0.2, -0.15) is 5.26 Å². The normalized spacial score (nSPS) is 13.9. The fourth-order valence-corrected chi connectivity index (χ4v) is 1.25. The molecule has 0 aromatic rings. The molecule has 16 heavy (non-hydrogen) atoms. The fourth-order valence-electron chi connectivity index (χ4n) is 1.25. The second-order valence-electron chi connectivity index (χ2n) is 4.32. The van der Waals surface area contributed by atoms with Crippen molar-refractivity contribution in [3.05, 3.63) is 0 Å². The largest absolute Gasteiger partial charge is 0.480 e. The molecule has 0 fully saturated rings. The molecule has 2 N–H and O–H groups in total. The third kappa shape index (κ3) is 6.02. The molecule has 0 spiro atoms. The summed E-state index contributed by atoms with van der Waals surface area (Å²) >= 11 is 0. The molecule has 0 aliphatic carbocycles. The van der Waals surface area contributed by atoms with E-state index in [9.17, 15) is 9.59 Å². The van der Waals surface area contributed by atoms with Crippen molar-refractivity contribution in [3.63, 3.8) is 0 Å². The van der Waals surface area contributed by atoms with Gasteiger partial charge in [-0.15, -0.1) is 0 Å². The summed E-state index contributed by atoms with van der Waals surface area (Å²) in [6.07, 6.45) is 0.431. The van der Waals surface area contributed by atoms with Crippen molar-refractivity contribution < 1.29 is 14.7 Å². The molecule has 0 saturated heterocycles. The van der Waals surface area contributed by atoms with Gasteiger partial charge in [0.15, 0.2) is 0 Å². The number of carbonyl (C=O) groups excluding carboxylic acids is 1. The van der Waals surface area contributed by atoms with Crippen LogP contribution in [0, 0.1) is 23.2 Å². The van der Waals surface area contributed by atoms with Crippen molar-refractivity contribution in [1.29, 1.82) is 5.26 Å². The number of carboxylic acids is 1. The molecular formula is C11H18N2O3. The molecular weight excluding hydrogens is 208 g/mol. The maximum atomic E-state index is 11.4. The molecule has 0 bridgehead atoms. The number of carboxylic acid groups (broad SMARTS) is 1. The highest BCUT2D eigenvalue weighted by molar-refractivity contribution is 5.83. The second kappa shape index (κ2) is 6.83. The van der Waals surface area contributed by atoms with Crippen molar-refractivity contribution in [1.82, 2.24) is 5.32 Å². The summed E-state index contributed by atoms with van der Waals surface area (Å²) in [5.74, 6) is -1.59. The lowest BCUT2D eigenvalue weighted by Gasteiger charge is -2.16. The smallest absolute Gasteiger partial charge is 0.326 e. The van der Waals surface area contributed by atoms with Gasteiger partial charge in [0.25, 0.3) is 0 Å². The van der Waals surface area contributed by atoms with Crippen LogP contribution in [0.25, 0.3) is 0 Å². The minimum Gasteiger partial charge on any atom is -0.480 e. The molecule has 0 heterocycles. The Morgan fingerprint density at radius 1 is 1.38 bits per heavy atom. The van der Waals surface area contributed by atoms with Crippen LogP contribution in [0.3, 0.4) is 0 Å². The van der Waals surface area contributed by atoms with Gasteiger partial charge < -0.3 is 10.4 Å². The van der Waals surface area contributed by atoms with Crippen LogP contribution in [0.4, 0.5) is 0 Å². The standard InChI is InChI=1S/C11H18N2O3/c1-7(2)4-10(14)13-9(11(15)16)5-8(3)6-12/h7-9H,4-5H2,1-3H3,(H,13,14)(H,15,16)/t8-,9-/m0/s1. The first-order chi connectivity index (χ1) is 7.36. The molecule has 0 aliphatic heterocycles. The summed E-state index contributed by atoms with van der Waals surface area (Å²) in [4.78, 5) is 22.2. The van der Waals surface area contributed by atoms with E-state index in [0.717, 1.165) is 0 Å². The Morgan fingerprint density at radius 2 is 1.94 bits per heavy atom. The molecule has 2 atom stereocenters. The summed E-state index contributed by atoms with van der Waals surface area (Å²) in [6.45, 7) is 5.39. The highest BCUT2D eigenvalue weighted by atomic mass is 16.4. The predicted octanol–water partition coefficient (Wildman–Crippen LogP) is 1.15. The maximum absolute atomic E-state index is 11.4. The number of hydrogen-bond acceptors (Lipinski definition) is 3. The van der Waals surface area contributed by atoms with E-state index in [2.05, 4.69) is 5.32 Å². The average molecular weight is 226 g/mol. The first-order valence-electron chi connectivity index (χ1n) is 5.28. The maximum Gasteiger partial charge on any atom is 0.326 e. The Balaban J connectivity index is 4.30. The van der Waals surface area contributed by atoms with E-state index in [0.29, 0.717) is 6.42 Å². The molecule has 90 valence electrons. The van der Waals surface area contributed by atoms with Crippen LogP contribution in [-0.4, -0.2) is 23.0 Å². The lowest BCUT2D eigenvalue weighted by molar-refractivity contribution is -0.142. The molecule has 0 radical (unpaired) electrons. The number of hydrogen-bond donors (Lipinski definition) is 2. The third-order valence-electron chi connectivity index (χ3n) is 2.04. The van der Waals surface area contributed by atoms with Gasteiger partial charge >= 0.3 is 5.97 Å². The quantitative estimate of drug-likeness (QED) is 0.710. The lowest BCUT2D eigenvalue weighted by atomic mass is 10.0. The molecule has 5 nitrogen and oxygen atoms in total. The van der Waals surface area contributed by atoms with Crippen molar-refractivity contribution in [2.24, 2.45) is 11.8 Å². The van der Waals surface area contributed by atoms with Gasteiger partial charge in [0, 0.05) is 12.3 Å². The third-order valence-corrected chi connectivity index (χ3v) is 2.04. The SMILES string of the molecule is CC(C)CC(=O)N[C@@H](C[C@H](C)C#N)C(=O)O. The van der Waals surface area contributed by atoms with Gasteiger partial charge in [0.2, 0.25) is 5.91 Å². The van der Waals surface area contributed by atoms with Gasteiger partial charge in [0.1, 0.15) is 6.04 Å². The van der Waals surface area contributed by atoms with Gasteiger partial charge in [-0.05, 0) is 19.3 Å². The molecule has 0 rings (SSSR count). The van der Waals surface area contributed by atoms with E-state index in [1.807, 2.05) is 19.9 Å². The highest BCUT2D eigenvalue weighted by Gasteiger charge is 2.22. The van der Waals surface area contributed by atoms with Crippen LogP contribution in [0.1, 0.15) is 33.6 Å². The van der Waals surface area contributed by atoms with Crippen LogP contribution in [0.15, 0.2) is 0 Å². The average Bonchev–Trinajstić information content (AvgIpc) is 2.14. The molecule has 5 heteroatoms. The number of aliphatic carboxylic acids is 1. The van der Waals surface area contributed by atoms with Gasteiger partial charge in [-0.3, -0.25) is 4.79 Å². The zero-order valence-corrected chi connectivity index (χ0v) is 9.86. The number of carbonyl (C=O) groups is 2. The van der Waals surface area contributed by atoms with E-state index in [1.165, 1.54) is 0 Å². The predicted molar refractivity (Wildman–Crippen MR) is 58.4 cm³/mol. The molecule has 0 aromatic carbocycles. The summed E-state index contributed by atoms with van der Waals surface area (Å²) < 4.78 is 0. The van der Waals surface area contributed by atoms with Gasteiger partial charge in [-0.25, -0.2) is 4.79 Å². The molecule has 0 unspecified atom stereocenters. The van der Waals surface area contributed by atoms with Gasteiger partial charge in [0.05, 0.1) is 6.07 Å². The van der Waals surface area contributed by atoms with Crippen LogP contribution in [-0.2, 0) is 9.59 Å². The van der Waals surface area contributed by atoms with E-state index >= 15 is 0 Å².